The molecule has 1 aromatic rings. The van der Waals surface area contributed by atoms with Gasteiger partial charge in [0, 0.05) is 21.2 Å². The number of thioether (sulfide) groups is 1. The van der Waals surface area contributed by atoms with Crippen molar-refractivity contribution in [3.8, 4) is 6.07 Å². The van der Waals surface area contributed by atoms with E-state index in [2.05, 4.69) is 39.4 Å². The van der Waals surface area contributed by atoms with Gasteiger partial charge in [0.05, 0.1) is 6.07 Å². The van der Waals surface area contributed by atoms with Gasteiger partial charge in [-0.25, -0.2) is 0 Å². The van der Waals surface area contributed by atoms with Crippen LogP contribution in [0.2, 0.25) is 0 Å². The molecule has 0 bridgehead atoms. The number of hydrogen-bond acceptors (Lipinski definition) is 3. The Balaban J connectivity index is 1.71. The molecule has 0 spiro atoms. The van der Waals surface area contributed by atoms with Gasteiger partial charge in [0.2, 0.25) is 0 Å². The van der Waals surface area contributed by atoms with Crippen LogP contribution < -0.4 is 5.32 Å². The lowest BCUT2D eigenvalue weighted by Gasteiger charge is -2.28. The van der Waals surface area contributed by atoms with Crippen molar-refractivity contribution in [2.75, 3.05) is 5.75 Å². The Hall–Kier alpha value is -0.500. The Bertz CT molecular complexity index is 505. The summed E-state index contributed by atoms with van der Waals surface area (Å²) in [4.78, 5) is 1.22. The standard InChI is InChI=1S/C15H17BrN2S/c16-13-3-1-2-4-14(13)19-10-15(9-17,11-5-6-11)18-12-7-8-12/h1-4,11-12,18H,5-8,10H2. The van der Waals surface area contributed by atoms with Gasteiger partial charge in [0.15, 0.2) is 0 Å². The van der Waals surface area contributed by atoms with Crippen molar-refractivity contribution in [1.82, 2.24) is 5.32 Å². The molecule has 0 aliphatic heterocycles. The highest BCUT2D eigenvalue weighted by molar-refractivity contribution is 9.10. The first kappa shape index (κ1) is 13.5. The molecule has 100 valence electrons. The van der Waals surface area contributed by atoms with Crippen LogP contribution in [-0.2, 0) is 0 Å². The second-order valence-corrected chi connectivity index (χ2v) is 7.37. The van der Waals surface area contributed by atoms with E-state index in [1.807, 2.05) is 12.1 Å². The third kappa shape index (κ3) is 3.16. The van der Waals surface area contributed by atoms with E-state index in [9.17, 15) is 5.26 Å². The van der Waals surface area contributed by atoms with Crippen LogP contribution in [0, 0.1) is 17.2 Å². The Morgan fingerprint density at radius 1 is 1.32 bits per heavy atom. The zero-order valence-corrected chi connectivity index (χ0v) is 13.1. The summed E-state index contributed by atoms with van der Waals surface area (Å²) >= 11 is 5.36. The van der Waals surface area contributed by atoms with Crippen molar-refractivity contribution in [1.29, 1.82) is 5.26 Å². The molecular formula is C15H17BrN2S. The molecular weight excluding hydrogens is 320 g/mol. The van der Waals surface area contributed by atoms with Crippen LogP contribution in [0.15, 0.2) is 33.6 Å². The predicted molar refractivity (Wildman–Crippen MR) is 82.1 cm³/mol. The highest BCUT2D eigenvalue weighted by Crippen LogP contribution is 2.44. The molecule has 1 atom stereocenters. The Labute approximate surface area is 127 Å². The fourth-order valence-electron chi connectivity index (χ4n) is 2.35. The fourth-order valence-corrected chi connectivity index (χ4v) is 4.13. The van der Waals surface area contributed by atoms with Gasteiger partial charge in [-0.15, -0.1) is 11.8 Å². The van der Waals surface area contributed by atoms with Crippen molar-refractivity contribution in [3.05, 3.63) is 28.7 Å². The van der Waals surface area contributed by atoms with E-state index in [0.717, 1.165) is 10.2 Å². The van der Waals surface area contributed by atoms with Crippen LogP contribution in [0.4, 0.5) is 0 Å². The van der Waals surface area contributed by atoms with Gasteiger partial charge in [0.25, 0.3) is 0 Å². The molecule has 2 saturated carbocycles. The van der Waals surface area contributed by atoms with Gasteiger partial charge < -0.3 is 0 Å². The van der Waals surface area contributed by atoms with Crippen molar-refractivity contribution in [3.63, 3.8) is 0 Å². The second kappa shape index (κ2) is 5.47. The number of nitrogens with zero attached hydrogens (tertiary/aromatic N) is 1. The lowest BCUT2D eigenvalue weighted by atomic mass is 9.97. The normalized spacial score (nSPS) is 21.7. The molecule has 2 nitrogen and oxygen atoms in total. The average molecular weight is 337 g/mol. The van der Waals surface area contributed by atoms with Crippen LogP contribution in [0.25, 0.3) is 0 Å². The first-order chi connectivity index (χ1) is 9.23. The van der Waals surface area contributed by atoms with Gasteiger partial charge in [0.1, 0.15) is 5.54 Å². The highest BCUT2D eigenvalue weighted by atomic mass is 79.9. The minimum absolute atomic E-state index is 0.318. The topological polar surface area (TPSA) is 35.8 Å². The Morgan fingerprint density at radius 2 is 2.05 bits per heavy atom. The van der Waals surface area contributed by atoms with Crippen LogP contribution in [0.1, 0.15) is 25.7 Å². The largest absolute Gasteiger partial charge is 0.296 e. The summed E-state index contributed by atoms with van der Waals surface area (Å²) in [7, 11) is 0. The molecule has 0 saturated heterocycles. The fraction of sp³-hybridized carbons (Fsp3) is 0.533. The Kier molecular flexibility index (Phi) is 3.88. The van der Waals surface area contributed by atoms with Crippen molar-refractivity contribution in [2.45, 2.75) is 42.2 Å². The molecule has 0 amide bonds. The van der Waals surface area contributed by atoms with Gasteiger partial charge in [-0.2, -0.15) is 5.26 Å². The molecule has 2 fully saturated rings. The van der Waals surface area contributed by atoms with E-state index in [1.54, 1.807) is 11.8 Å². The highest BCUT2D eigenvalue weighted by Gasteiger charge is 2.48. The number of hydrogen-bond donors (Lipinski definition) is 1. The van der Waals surface area contributed by atoms with Crippen molar-refractivity contribution >= 4 is 27.7 Å². The molecule has 0 heterocycles. The third-order valence-corrected chi connectivity index (χ3v) is 6.03. The molecule has 0 aromatic heterocycles. The summed E-state index contributed by atoms with van der Waals surface area (Å²) in [5.74, 6) is 1.39. The van der Waals surface area contributed by atoms with E-state index >= 15 is 0 Å². The van der Waals surface area contributed by atoms with Gasteiger partial charge in [-0.3, -0.25) is 5.32 Å². The molecule has 1 N–H and O–H groups in total. The van der Waals surface area contributed by atoms with Crippen LogP contribution in [-0.4, -0.2) is 17.3 Å². The minimum atomic E-state index is -0.318. The van der Waals surface area contributed by atoms with E-state index < -0.39 is 0 Å². The zero-order chi connectivity index (χ0) is 13.3. The number of nitriles is 1. The summed E-state index contributed by atoms with van der Waals surface area (Å²) in [5.41, 5.74) is -0.318. The van der Waals surface area contributed by atoms with E-state index in [1.165, 1.54) is 30.6 Å². The Morgan fingerprint density at radius 3 is 2.63 bits per heavy atom. The number of halogens is 1. The minimum Gasteiger partial charge on any atom is -0.296 e. The summed E-state index contributed by atoms with van der Waals surface area (Å²) in [6.45, 7) is 0. The molecule has 4 heteroatoms. The van der Waals surface area contributed by atoms with Gasteiger partial charge in [-0.05, 0) is 59.7 Å². The second-order valence-electron chi connectivity index (χ2n) is 5.50. The molecule has 2 aliphatic carbocycles. The van der Waals surface area contributed by atoms with E-state index in [0.29, 0.717) is 12.0 Å². The summed E-state index contributed by atoms with van der Waals surface area (Å²) in [5, 5.41) is 13.3. The lowest BCUT2D eigenvalue weighted by molar-refractivity contribution is 0.401. The monoisotopic (exact) mass is 336 g/mol. The first-order valence-corrected chi connectivity index (χ1v) is 8.58. The molecule has 0 radical (unpaired) electrons. The predicted octanol–water partition coefficient (Wildman–Crippen LogP) is 3.97. The quantitative estimate of drug-likeness (QED) is 0.798. The van der Waals surface area contributed by atoms with Crippen LogP contribution in [0.5, 0.6) is 0 Å². The smallest absolute Gasteiger partial charge is 0.119 e. The SMILES string of the molecule is N#CC(CSc1ccccc1Br)(NC1CC1)C1CC1. The third-order valence-electron chi connectivity index (χ3n) is 3.80. The lowest BCUT2D eigenvalue weighted by Crippen LogP contribution is -2.49. The van der Waals surface area contributed by atoms with Gasteiger partial charge >= 0.3 is 0 Å². The number of benzene rings is 1. The number of rotatable bonds is 6. The summed E-state index contributed by atoms with van der Waals surface area (Å²) in [6.07, 6.45) is 4.86. The molecule has 1 unspecified atom stereocenters. The summed E-state index contributed by atoms with van der Waals surface area (Å²) < 4.78 is 1.12. The van der Waals surface area contributed by atoms with E-state index in [4.69, 9.17) is 0 Å². The average Bonchev–Trinajstić information content (AvgIpc) is 3.28. The molecule has 2 aliphatic rings. The molecule has 3 rings (SSSR count). The zero-order valence-electron chi connectivity index (χ0n) is 10.7. The van der Waals surface area contributed by atoms with Crippen LogP contribution >= 0.6 is 27.7 Å². The summed E-state index contributed by atoms with van der Waals surface area (Å²) in [6, 6.07) is 11.4. The maximum Gasteiger partial charge on any atom is 0.119 e. The number of nitrogens with one attached hydrogen (secondary N) is 1. The van der Waals surface area contributed by atoms with Gasteiger partial charge in [-0.1, -0.05) is 12.1 Å². The van der Waals surface area contributed by atoms with E-state index in [-0.39, 0.29) is 5.54 Å². The first-order valence-electron chi connectivity index (χ1n) is 6.80. The van der Waals surface area contributed by atoms with Crippen molar-refractivity contribution in [2.24, 2.45) is 5.92 Å². The molecule has 1 aromatic carbocycles. The van der Waals surface area contributed by atoms with Crippen molar-refractivity contribution < 1.29 is 0 Å². The molecule has 19 heavy (non-hydrogen) atoms. The maximum absolute atomic E-state index is 9.67. The maximum atomic E-state index is 9.67. The van der Waals surface area contributed by atoms with Crippen LogP contribution in [0.3, 0.4) is 0 Å².